The van der Waals surface area contributed by atoms with Crippen molar-refractivity contribution in [2.75, 3.05) is 48.9 Å². The molecule has 0 radical (unpaired) electrons. The minimum atomic E-state index is -2.53. The number of pyridine rings is 1. The maximum atomic E-state index is 11.8. The van der Waals surface area contributed by atoms with Crippen molar-refractivity contribution in [1.82, 2.24) is 15.2 Å². The molecule has 30 heavy (non-hydrogen) atoms. The maximum Gasteiger partial charge on any atom is 0.141 e. The van der Waals surface area contributed by atoms with Crippen molar-refractivity contribution in [3.63, 3.8) is 0 Å². The summed E-state index contributed by atoms with van der Waals surface area (Å²) in [5.74, 6) is 2.34. The molecule has 0 saturated carbocycles. The smallest absolute Gasteiger partial charge is 0.141 e. The highest BCUT2D eigenvalue weighted by atomic mass is 32.2. The number of hydrogen-bond acceptors (Lipinski definition) is 8. The molecular formula is C20H29N5O4S. The van der Waals surface area contributed by atoms with Gasteiger partial charge in [-0.3, -0.25) is 5.10 Å². The van der Waals surface area contributed by atoms with Crippen molar-refractivity contribution in [3.05, 3.63) is 29.5 Å². The van der Waals surface area contributed by atoms with Crippen LogP contribution in [0.5, 0.6) is 0 Å². The van der Waals surface area contributed by atoms with Gasteiger partial charge in [-0.15, -0.1) is 0 Å². The van der Waals surface area contributed by atoms with Crippen LogP contribution in [0.25, 0.3) is 0 Å². The van der Waals surface area contributed by atoms with Gasteiger partial charge in [0.05, 0.1) is 30.7 Å². The number of rotatable bonds is 6. The summed E-state index contributed by atoms with van der Waals surface area (Å²) in [5.41, 5.74) is 1.38. The molecule has 4 heterocycles. The predicted molar refractivity (Wildman–Crippen MR) is 115 cm³/mol. The number of nitrogens with one attached hydrogen (secondary N) is 2. The van der Waals surface area contributed by atoms with Gasteiger partial charge in [0.25, 0.3) is 0 Å². The van der Waals surface area contributed by atoms with Gasteiger partial charge in [-0.2, -0.15) is 5.10 Å². The standard InChI is InChI=1S/C20H29N5O4S/c1-14-9-18(24-23-14)21-17-10-16(20(13-30(26)27)3-6-28-7-4-20)11-19(22-17)25-5-8-29-12-15(25)2/h9-11,15,30H,3-8,12-13H2,1-2H3,(H2,21,22,23,24)/t15-/m1/s1. The Morgan fingerprint density at radius 2 is 2.03 bits per heavy atom. The van der Waals surface area contributed by atoms with E-state index in [4.69, 9.17) is 14.5 Å². The summed E-state index contributed by atoms with van der Waals surface area (Å²) in [6.07, 6.45) is 1.34. The number of anilines is 3. The molecule has 1 atom stereocenters. The number of H-pyrrole nitrogens is 1. The zero-order valence-electron chi connectivity index (χ0n) is 17.4. The number of thiol groups is 1. The first-order valence-electron chi connectivity index (χ1n) is 10.3. The van der Waals surface area contributed by atoms with E-state index < -0.39 is 16.1 Å². The quantitative estimate of drug-likeness (QED) is 0.589. The zero-order chi connectivity index (χ0) is 21.1. The van der Waals surface area contributed by atoms with Crippen LogP contribution >= 0.6 is 0 Å². The molecule has 0 amide bonds. The summed E-state index contributed by atoms with van der Waals surface area (Å²) in [4.78, 5) is 7.07. The molecular weight excluding hydrogens is 406 g/mol. The second kappa shape index (κ2) is 8.91. The van der Waals surface area contributed by atoms with Crippen LogP contribution in [0.3, 0.4) is 0 Å². The summed E-state index contributed by atoms with van der Waals surface area (Å²) in [6.45, 7) is 7.15. The predicted octanol–water partition coefficient (Wildman–Crippen LogP) is 1.74. The van der Waals surface area contributed by atoms with Gasteiger partial charge < -0.3 is 19.7 Å². The van der Waals surface area contributed by atoms with Gasteiger partial charge in [-0.25, -0.2) is 13.4 Å². The molecule has 2 aliphatic heterocycles. The van der Waals surface area contributed by atoms with E-state index in [0.29, 0.717) is 45.1 Å². The van der Waals surface area contributed by atoms with E-state index in [0.717, 1.165) is 29.4 Å². The number of nitrogens with zero attached hydrogens (tertiary/aromatic N) is 3. The lowest BCUT2D eigenvalue weighted by atomic mass is 9.76. The van der Waals surface area contributed by atoms with Crippen LogP contribution in [0.4, 0.5) is 17.5 Å². The van der Waals surface area contributed by atoms with Gasteiger partial charge in [0, 0.05) is 31.2 Å². The Morgan fingerprint density at radius 3 is 2.70 bits per heavy atom. The lowest BCUT2D eigenvalue weighted by Gasteiger charge is -2.38. The van der Waals surface area contributed by atoms with Gasteiger partial charge in [-0.1, -0.05) is 0 Å². The Kier molecular flexibility index (Phi) is 6.26. The third-order valence-corrected chi connectivity index (χ3v) is 6.80. The fourth-order valence-corrected chi connectivity index (χ4v) is 5.27. The molecule has 2 N–H and O–H groups in total. The van der Waals surface area contributed by atoms with Gasteiger partial charge in [-0.05, 0) is 44.4 Å². The van der Waals surface area contributed by atoms with Crippen molar-refractivity contribution >= 4 is 28.2 Å². The van der Waals surface area contributed by atoms with Crippen molar-refractivity contribution in [1.29, 1.82) is 0 Å². The van der Waals surface area contributed by atoms with E-state index in [1.54, 1.807) is 0 Å². The van der Waals surface area contributed by atoms with Gasteiger partial charge >= 0.3 is 0 Å². The zero-order valence-corrected chi connectivity index (χ0v) is 18.3. The lowest BCUT2D eigenvalue weighted by Crippen LogP contribution is -2.44. The number of aromatic amines is 1. The molecule has 2 fully saturated rings. The van der Waals surface area contributed by atoms with Crippen molar-refractivity contribution in [2.24, 2.45) is 0 Å². The number of ether oxygens (including phenoxy) is 2. The fourth-order valence-electron chi connectivity index (χ4n) is 4.27. The second-order valence-corrected chi connectivity index (χ2v) is 9.13. The van der Waals surface area contributed by atoms with Crippen LogP contribution in [0.15, 0.2) is 18.2 Å². The highest BCUT2D eigenvalue weighted by Crippen LogP contribution is 2.38. The summed E-state index contributed by atoms with van der Waals surface area (Å²) < 4.78 is 34.7. The first-order chi connectivity index (χ1) is 14.4. The highest BCUT2D eigenvalue weighted by molar-refractivity contribution is 7.72. The average molecular weight is 436 g/mol. The molecule has 2 aromatic heterocycles. The van der Waals surface area contributed by atoms with Crippen molar-refractivity contribution < 1.29 is 17.9 Å². The third-order valence-electron chi connectivity index (χ3n) is 5.94. The Balaban J connectivity index is 1.77. The van der Waals surface area contributed by atoms with Crippen molar-refractivity contribution in [3.8, 4) is 0 Å². The van der Waals surface area contributed by atoms with Crippen LogP contribution in [0, 0.1) is 6.92 Å². The minimum absolute atomic E-state index is 0.108. The van der Waals surface area contributed by atoms with E-state index in [9.17, 15) is 8.42 Å². The molecule has 164 valence electrons. The van der Waals surface area contributed by atoms with Crippen molar-refractivity contribution in [2.45, 2.75) is 38.1 Å². The Hall–Kier alpha value is -2.17. The van der Waals surface area contributed by atoms with Gasteiger partial charge in [0.15, 0.2) is 0 Å². The average Bonchev–Trinajstić information content (AvgIpc) is 3.13. The lowest BCUT2D eigenvalue weighted by molar-refractivity contribution is 0.0576. The van der Waals surface area contributed by atoms with E-state index in [1.165, 1.54) is 0 Å². The molecule has 2 aromatic rings. The Labute approximate surface area is 178 Å². The number of aromatic nitrogens is 3. The van der Waals surface area contributed by atoms with Crippen LogP contribution in [-0.4, -0.2) is 68.4 Å². The summed E-state index contributed by atoms with van der Waals surface area (Å²) in [6, 6.07) is 6.11. The molecule has 0 unspecified atom stereocenters. The molecule has 0 bridgehead atoms. The fraction of sp³-hybridized carbons (Fsp3) is 0.600. The minimum Gasteiger partial charge on any atom is -0.381 e. The van der Waals surface area contributed by atoms with Crippen LogP contribution in [0.2, 0.25) is 0 Å². The summed E-state index contributed by atoms with van der Waals surface area (Å²) in [5, 5.41) is 10.4. The molecule has 0 aromatic carbocycles. The number of morpholine rings is 1. The Morgan fingerprint density at radius 1 is 1.23 bits per heavy atom. The molecule has 0 aliphatic carbocycles. The molecule has 2 saturated heterocycles. The molecule has 0 spiro atoms. The number of hydrogen-bond donors (Lipinski definition) is 3. The first kappa shape index (κ1) is 21.1. The van der Waals surface area contributed by atoms with E-state index in [2.05, 4.69) is 33.4 Å². The number of aryl methyl sites for hydroxylation is 1. The highest BCUT2D eigenvalue weighted by Gasteiger charge is 2.37. The summed E-state index contributed by atoms with van der Waals surface area (Å²) >= 11 is 0. The normalized spacial score (nSPS) is 21.7. The summed E-state index contributed by atoms with van der Waals surface area (Å²) in [7, 11) is -2.53. The van der Waals surface area contributed by atoms with Gasteiger partial charge in [0.1, 0.15) is 28.2 Å². The van der Waals surface area contributed by atoms with Crippen LogP contribution in [0.1, 0.15) is 31.0 Å². The van der Waals surface area contributed by atoms with E-state index >= 15 is 0 Å². The van der Waals surface area contributed by atoms with Crippen LogP contribution < -0.4 is 10.2 Å². The van der Waals surface area contributed by atoms with Crippen LogP contribution in [-0.2, 0) is 25.6 Å². The molecule has 4 rings (SSSR count). The van der Waals surface area contributed by atoms with E-state index in [1.807, 2.05) is 19.1 Å². The Bertz CT molecular complexity index is 946. The third kappa shape index (κ3) is 4.60. The monoisotopic (exact) mass is 435 g/mol. The molecule has 2 aliphatic rings. The second-order valence-electron chi connectivity index (χ2n) is 8.15. The van der Waals surface area contributed by atoms with E-state index in [-0.39, 0.29) is 11.8 Å². The SMILES string of the molecule is Cc1cc(Nc2cc(C3(C[SH](=O)=O)CCOCC3)cc(N3CCOC[C@H]3C)n2)[nH]n1. The molecule has 10 heteroatoms. The van der Waals surface area contributed by atoms with Gasteiger partial charge in [0.2, 0.25) is 0 Å². The molecule has 9 nitrogen and oxygen atoms in total. The topological polar surface area (TPSA) is 109 Å². The largest absolute Gasteiger partial charge is 0.381 e. The first-order valence-corrected chi connectivity index (χ1v) is 11.7. The maximum absolute atomic E-state index is 11.8.